The van der Waals surface area contributed by atoms with Crippen LogP contribution in [0.2, 0.25) is 5.02 Å². The molecule has 1 unspecified atom stereocenters. The van der Waals surface area contributed by atoms with Gasteiger partial charge >= 0.3 is 0 Å². The van der Waals surface area contributed by atoms with Crippen molar-refractivity contribution in [2.75, 3.05) is 5.75 Å². The number of ketones is 1. The van der Waals surface area contributed by atoms with Crippen molar-refractivity contribution in [3.8, 4) is 0 Å². The van der Waals surface area contributed by atoms with Crippen molar-refractivity contribution in [3.05, 3.63) is 34.3 Å². The van der Waals surface area contributed by atoms with E-state index in [9.17, 15) is 13.2 Å². The molecule has 110 valence electrons. The summed E-state index contributed by atoms with van der Waals surface area (Å²) < 4.78 is 24.6. The third kappa shape index (κ3) is 3.23. The van der Waals surface area contributed by atoms with Crippen LogP contribution in [-0.4, -0.2) is 25.2 Å². The largest absolute Gasteiger partial charge is 0.293 e. The first-order valence-corrected chi connectivity index (χ1v) is 9.09. The van der Waals surface area contributed by atoms with E-state index >= 15 is 0 Å². The lowest BCUT2D eigenvalue weighted by atomic mass is 10.1. The zero-order valence-corrected chi connectivity index (χ0v) is 13.1. The highest BCUT2D eigenvalue weighted by Gasteiger charge is 2.39. The van der Waals surface area contributed by atoms with Crippen molar-refractivity contribution < 1.29 is 13.2 Å². The molecule has 1 aromatic carbocycles. The Labute approximate surface area is 125 Å². The standard InChI is InChI=1S/C15H19ClO3S/c1-2-3-4-5-8-20(18,19)14-10-11-9-12(16)6-7-13(11)15(14)17/h6-7,9,14H,2-5,8,10H2,1H3. The van der Waals surface area contributed by atoms with Crippen molar-refractivity contribution in [1.29, 1.82) is 0 Å². The molecule has 0 aliphatic heterocycles. The topological polar surface area (TPSA) is 51.2 Å². The number of carbonyl (C=O) groups is 1. The van der Waals surface area contributed by atoms with Gasteiger partial charge in [-0.1, -0.05) is 37.8 Å². The Morgan fingerprint density at radius 1 is 1.25 bits per heavy atom. The minimum Gasteiger partial charge on any atom is -0.293 e. The van der Waals surface area contributed by atoms with E-state index in [-0.39, 0.29) is 18.0 Å². The number of rotatable bonds is 6. The van der Waals surface area contributed by atoms with E-state index < -0.39 is 15.1 Å². The van der Waals surface area contributed by atoms with E-state index in [4.69, 9.17) is 11.6 Å². The summed E-state index contributed by atoms with van der Waals surface area (Å²) in [4.78, 5) is 12.2. The third-order valence-electron chi connectivity index (χ3n) is 3.75. The first-order valence-electron chi connectivity index (χ1n) is 7.00. The molecule has 3 nitrogen and oxygen atoms in total. The van der Waals surface area contributed by atoms with Gasteiger partial charge in [-0.25, -0.2) is 8.42 Å². The van der Waals surface area contributed by atoms with Crippen LogP contribution < -0.4 is 0 Å². The number of Topliss-reactive ketones (excluding diaryl/α,β-unsaturated/α-hetero) is 1. The molecular weight excluding hydrogens is 296 g/mol. The lowest BCUT2D eigenvalue weighted by Gasteiger charge is -2.09. The molecule has 0 saturated heterocycles. The van der Waals surface area contributed by atoms with E-state index in [0.717, 1.165) is 24.8 Å². The van der Waals surface area contributed by atoms with Gasteiger partial charge in [-0.3, -0.25) is 4.79 Å². The molecule has 0 bridgehead atoms. The maximum atomic E-state index is 12.3. The second-order valence-corrected chi connectivity index (χ2v) is 8.03. The van der Waals surface area contributed by atoms with Crippen LogP contribution in [0, 0.1) is 0 Å². The zero-order chi connectivity index (χ0) is 14.8. The summed E-state index contributed by atoms with van der Waals surface area (Å²) in [5.41, 5.74) is 1.26. The molecule has 0 radical (unpaired) electrons. The number of hydrogen-bond donors (Lipinski definition) is 0. The zero-order valence-electron chi connectivity index (χ0n) is 11.6. The van der Waals surface area contributed by atoms with Gasteiger partial charge in [-0.2, -0.15) is 0 Å². The quantitative estimate of drug-likeness (QED) is 0.756. The number of fused-ring (bicyclic) bond motifs is 1. The second kappa shape index (κ2) is 6.27. The Morgan fingerprint density at radius 2 is 2.00 bits per heavy atom. The summed E-state index contributed by atoms with van der Waals surface area (Å²) in [6, 6.07) is 4.96. The number of hydrogen-bond acceptors (Lipinski definition) is 3. The van der Waals surface area contributed by atoms with Gasteiger partial charge in [0, 0.05) is 10.6 Å². The fraction of sp³-hybridized carbons (Fsp3) is 0.533. The first-order chi connectivity index (χ1) is 9.45. The van der Waals surface area contributed by atoms with Gasteiger partial charge in [-0.15, -0.1) is 0 Å². The summed E-state index contributed by atoms with van der Waals surface area (Å²) in [7, 11) is -3.36. The summed E-state index contributed by atoms with van der Waals surface area (Å²) in [6.45, 7) is 2.08. The second-order valence-electron chi connectivity index (χ2n) is 5.29. The molecule has 0 N–H and O–H groups in total. The van der Waals surface area contributed by atoms with Crippen LogP contribution in [0.15, 0.2) is 18.2 Å². The van der Waals surface area contributed by atoms with E-state index in [1.54, 1.807) is 18.2 Å². The van der Waals surface area contributed by atoms with Crippen molar-refractivity contribution in [3.63, 3.8) is 0 Å². The summed E-state index contributed by atoms with van der Waals surface area (Å²) in [6.07, 6.45) is 3.90. The summed E-state index contributed by atoms with van der Waals surface area (Å²) in [5, 5.41) is -0.366. The number of unbranched alkanes of at least 4 members (excludes halogenated alkanes) is 3. The minimum absolute atomic E-state index is 0.102. The number of benzene rings is 1. The minimum atomic E-state index is -3.36. The predicted octanol–water partition coefficient (Wildman–Crippen LogP) is 3.44. The summed E-state index contributed by atoms with van der Waals surface area (Å²) >= 11 is 5.89. The fourth-order valence-corrected chi connectivity index (χ4v) is 4.57. The normalized spacial score (nSPS) is 18.3. The van der Waals surface area contributed by atoms with Crippen LogP contribution in [-0.2, 0) is 16.3 Å². The van der Waals surface area contributed by atoms with Gasteiger partial charge in [0.2, 0.25) is 0 Å². The van der Waals surface area contributed by atoms with E-state index in [1.165, 1.54) is 0 Å². The molecule has 1 aliphatic carbocycles. The van der Waals surface area contributed by atoms with Crippen LogP contribution >= 0.6 is 11.6 Å². The van der Waals surface area contributed by atoms with Crippen molar-refractivity contribution >= 4 is 27.2 Å². The smallest absolute Gasteiger partial charge is 0.181 e. The molecule has 20 heavy (non-hydrogen) atoms. The van der Waals surface area contributed by atoms with Gasteiger partial charge < -0.3 is 0 Å². The number of halogens is 1. The molecule has 0 fully saturated rings. The molecule has 0 amide bonds. The average Bonchev–Trinajstić information content (AvgIpc) is 2.72. The van der Waals surface area contributed by atoms with Gasteiger partial charge in [0.25, 0.3) is 0 Å². The lowest BCUT2D eigenvalue weighted by molar-refractivity contribution is 0.0998. The Hall–Kier alpha value is -0.870. The van der Waals surface area contributed by atoms with Gasteiger partial charge in [-0.05, 0) is 36.6 Å². The fourth-order valence-electron chi connectivity index (χ4n) is 2.60. The van der Waals surface area contributed by atoms with Crippen LogP contribution in [0.4, 0.5) is 0 Å². The molecule has 1 aliphatic rings. The van der Waals surface area contributed by atoms with Crippen molar-refractivity contribution in [2.45, 2.75) is 44.3 Å². The monoisotopic (exact) mass is 314 g/mol. The van der Waals surface area contributed by atoms with Crippen LogP contribution in [0.5, 0.6) is 0 Å². The highest BCUT2D eigenvalue weighted by atomic mass is 35.5. The highest BCUT2D eigenvalue weighted by Crippen LogP contribution is 2.29. The van der Waals surface area contributed by atoms with Gasteiger partial charge in [0.05, 0.1) is 5.75 Å². The molecule has 0 saturated carbocycles. The maximum absolute atomic E-state index is 12.3. The van der Waals surface area contributed by atoms with E-state index in [0.29, 0.717) is 17.0 Å². The Bertz CT molecular complexity index is 608. The molecule has 5 heteroatoms. The Balaban J connectivity index is 2.10. The van der Waals surface area contributed by atoms with Crippen LogP contribution in [0.25, 0.3) is 0 Å². The third-order valence-corrected chi connectivity index (χ3v) is 6.09. The average molecular weight is 315 g/mol. The van der Waals surface area contributed by atoms with E-state index in [1.807, 2.05) is 0 Å². The molecule has 1 aromatic rings. The first kappa shape index (κ1) is 15.5. The number of sulfone groups is 1. The molecule has 2 rings (SSSR count). The summed E-state index contributed by atoms with van der Waals surface area (Å²) in [5.74, 6) is -0.169. The number of carbonyl (C=O) groups excluding carboxylic acids is 1. The SMILES string of the molecule is CCCCCCS(=O)(=O)C1Cc2cc(Cl)ccc2C1=O. The van der Waals surface area contributed by atoms with Gasteiger partial charge in [0.1, 0.15) is 5.25 Å². The van der Waals surface area contributed by atoms with Crippen molar-refractivity contribution in [1.82, 2.24) is 0 Å². The highest BCUT2D eigenvalue weighted by molar-refractivity contribution is 7.92. The molecular formula is C15H19ClO3S. The molecule has 1 atom stereocenters. The van der Waals surface area contributed by atoms with Gasteiger partial charge in [0.15, 0.2) is 15.6 Å². The Morgan fingerprint density at radius 3 is 2.70 bits per heavy atom. The lowest BCUT2D eigenvalue weighted by Crippen LogP contribution is -2.29. The molecule has 0 spiro atoms. The maximum Gasteiger partial charge on any atom is 0.181 e. The molecule has 0 aromatic heterocycles. The van der Waals surface area contributed by atoms with Crippen LogP contribution in [0.3, 0.4) is 0 Å². The van der Waals surface area contributed by atoms with Crippen molar-refractivity contribution in [2.24, 2.45) is 0 Å². The Kier molecular flexibility index (Phi) is 4.86. The molecule has 0 heterocycles. The van der Waals surface area contributed by atoms with Crippen LogP contribution in [0.1, 0.15) is 48.5 Å². The van der Waals surface area contributed by atoms with E-state index in [2.05, 4.69) is 6.92 Å². The predicted molar refractivity (Wildman–Crippen MR) is 81.2 cm³/mol.